The Balaban J connectivity index is 1.46. The lowest BCUT2D eigenvalue weighted by molar-refractivity contribution is 0.0696. The van der Waals surface area contributed by atoms with Crippen LogP contribution >= 0.6 is 50.1 Å². The summed E-state index contributed by atoms with van der Waals surface area (Å²) in [6.07, 6.45) is 1.43. The Bertz CT molecular complexity index is 1500. The van der Waals surface area contributed by atoms with Gasteiger partial charge in [-0.3, -0.25) is 4.79 Å². The second-order valence-corrected chi connectivity index (χ2v) is 10.2. The number of hydrazone groups is 1. The highest BCUT2D eigenvalue weighted by Crippen LogP contribution is 2.37. The fraction of sp³-hybridized carbons (Fsp3) is 0.115. The smallest absolute Gasteiger partial charge is 0.335 e. The highest BCUT2D eigenvalue weighted by molar-refractivity contribution is 14.1. The van der Waals surface area contributed by atoms with E-state index >= 15 is 0 Å². The molecule has 3 aromatic carbocycles. The third-order valence-corrected chi connectivity index (χ3v) is 6.59. The molecule has 0 radical (unpaired) electrons. The van der Waals surface area contributed by atoms with Crippen LogP contribution in [0.25, 0.3) is 11.0 Å². The number of amides is 1. The largest absolute Gasteiger partial charge is 0.490 e. The Labute approximate surface area is 238 Å². The molecule has 0 fully saturated rings. The molecule has 1 heterocycles. The summed E-state index contributed by atoms with van der Waals surface area (Å²) in [6, 6.07) is 15.1. The molecule has 4 rings (SSSR count). The molecular weight excluding hydrogens is 679 g/mol. The first-order chi connectivity index (χ1) is 17.7. The van der Waals surface area contributed by atoms with Gasteiger partial charge in [0.05, 0.1) is 27.0 Å². The summed E-state index contributed by atoms with van der Waals surface area (Å²) in [5.41, 5.74) is 4.61. The van der Waals surface area contributed by atoms with Gasteiger partial charge < -0.3 is 19.0 Å². The number of carbonyl (C=O) groups is 2. The predicted octanol–water partition coefficient (Wildman–Crippen LogP) is 6.89. The number of fused-ring (bicyclic) bond motifs is 1. The number of rotatable bonds is 9. The maximum absolute atomic E-state index is 12.5. The van der Waals surface area contributed by atoms with Crippen LogP contribution in [-0.2, 0) is 6.61 Å². The standard InChI is InChI=1S/C26H19BrClIN2O6/c1-2-35-21-8-15(7-19(28)24(21)36-13-14-3-5-16(6-4-14)26(33)34)12-30-31-25(32)22-10-17-9-18(27)11-20(29)23(17)37-22/h3-12H,2,13H2,1H3,(H,31,32)(H,33,34)/b30-12-. The van der Waals surface area contributed by atoms with Gasteiger partial charge >= 0.3 is 11.9 Å². The molecule has 37 heavy (non-hydrogen) atoms. The monoisotopic (exact) mass is 696 g/mol. The zero-order chi connectivity index (χ0) is 26.5. The number of hydrogen-bond acceptors (Lipinski definition) is 6. The Morgan fingerprint density at radius 3 is 2.62 bits per heavy atom. The number of nitrogens with zero attached hydrogens (tertiary/aromatic N) is 1. The quantitative estimate of drug-likeness (QED) is 0.112. The van der Waals surface area contributed by atoms with Crippen LogP contribution in [0.2, 0.25) is 5.02 Å². The second kappa shape index (κ2) is 12.0. The van der Waals surface area contributed by atoms with Gasteiger partial charge in [0.2, 0.25) is 0 Å². The highest BCUT2D eigenvalue weighted by Gasteiger charge is 2.15. The zero-order valence-electron chi connectivity index (χ0n) is 19.3. The fourth-order valence-electron chi connectivity index (χ4n) is 3.37. The summed E-state index contributed by atoms with van der Waals surface area (Å²) in [5.74, 6) is -0.610. The molecule has 0 atom stereocenters. The van der Waals surface area contributed by atoms with E-state index < -0.39 is 11.9 Å². The predicted molar refractivity (Wildman–Crippen MR) is 152 cm³/mol. The zero-order valence-corrected chi connectivity index (χ0v) is 23.8. The van der Waals surface area contributed by atoms with Gasteiger partial charge in [0, 0.05) is 9.86 Å². The van der Waals surface area contributed by atoms with Gasteiger partial charge in [-0.05, 0) is 83.1 Å². The van der Waals surface area contributed by atoms with Crippen molar-refractivity contribution in [3.63, 3.8) is 0 Å². The van der Waals surface area contributed by atoms with E-state index in [1.54, 1.807) is 30.3 Å². The van der Waals surface area contributed by atoms with Crippen molar-refractivity contribution in [3.05, 3.63) is 90.1 Å². The summed E-state index contributed by atoms with van der Waals surface area (Å²) in [4.78, 5) is 23.6. The molecule has 190 valence electrons. The van der Waals surface area contributed by atoms with Crippen molar-refractivity contribution >= 4 is 79.2 Å². The number of nitrogens with one attached hydrogen (secondary N) is 1. The van der Waals surface area contributed by atoms with Crippen LogP contribution < -0.4 is 14.9 Å². The van der Waals surface area contributed by atoms with Crippen LogP contribution in [0.1, 0.15) is 39.0 Å². The van der Waals surface area contributed by atoms with Crippen molar-refractivity contribution in [3.8, 4) is 11.5 Å². The molecule has 0 saturated carbocycles. The van der Waals surface area contributed by atoms with Gasteiger partial charge in [-0.2, -0.15) is 5.10 Å². The topological polar surface area (TPSA) is 110 Å². The van der Waals surface area contributed by atoms with Gasteiger partial charge in [0.25, 0.3) is 0 Å². The Kier molecular flexibility index (Phi) is 8.72. The Hall–Kier alpha value is -3.09. The number of benzene rings is 3. The molecular formula is C26H19BrClIN2O6. The molecule has 0 unspecified atom stereocenters. The number of aromatic carboxylic acids is 1. The number of carbonyl (C=O) groups excluding carboxylic acids is 1. The number of carboxylic acid groups (broad SMARTS) is 1. The molecule has 1 amide bonds. The van der Waals surface area contributed by atoms with Crippen LogP contribution in [0.3, 0.4) is 0 Å². The second-order valence-electron chi connectivity index (χ2n) is 7.67. The van der Waals surface area contributed by atoms with Gasteiger partial charge in [0.15, 0.2) is 17.3 Å². The summed E-state index contributed by atoms with van der Waals surface area (Å²) >= 11 is 12.0. The van der Waals surface area contributed by atoms with Crippen molar-refractivity contribution in [1.29, 1.82) is 0 Å². The minimum Gasteiger partial charge on any atom is -0.490 e. The summed E-state index contributed by atoms with van der Waals surface area (Å²) in [7, 11) is 0. The molecule has 0 aliphatic heterocycles. The van der Waals surface area contributed by atoms with Crippen molar-refractivity contribution in [1.82, 2.24) is 5.43 Å². The lowest BCUT2D eigenvalue weighted by Gasteiger charge is -2.14. The minimum absolute atomic E-state index is 0.135. The van der Waals surface area contributed by atoms with E-state index in [9.17, 15) is 9.59 Å². The van der Waals surface area contributed by atoms with E-state index in [2.05, 4.69) is 49.0 Å². The van der Waals surface area contributed by atoms with E-state index in [0.717, 1.165) is 19.0 Å². The van der Waals surface area contributed by atoms with Crippen LogP contribution in [0.5, 0.6) is 11.5 Å². The Morgan fingerprint density at radius 2 is 1.92 bits per heavy atom. The van der Waals surface area contributed by atoms with Crippen LogP contribution in [0.4, 0.5) is 0 Å². The van der Waals surface area contributed by atoms with E-state index in [0.29, 0.717) is 34.3 Å². The Morgan fingerprint density at radius 1 is 1.16 bits per heavy atom. The fourth-order valence-corrected chi connectivity index (χ4v) is 5.31. The van der Waals surface area contributed by atoms with Crippen LogP contribution in [0.15, 0.2) is 68.6 Å². The van der Waals surface area contributed by atoms with Gasteiger partial charge in [-0.25, -0.2) is 10.2 Å². The molecule has 0 bridgehead atoms. The molecule has 1 aromatic heterocycles. The number of ether oxygens (including phenoxy) is 2. The van der Waals surface area contributed by atoms with Crippen LogP contribution in [0, 0.1) is 3.57 Å². The van der Waals surface area contributed by atoms with Crippen molar-refractivity contribution in [2.45, 2.75) is 13.5 Å². The summed E-state index contributed by atoms with van der Waals surface area (Å²) in [6.45, 7) is 2.37. The first-order valence-corrected chi connectivity index (χ1v) is 13.1. The summed E-state index contributed by atoms with van der Waals surface area (Å²) in [5, 5.41) is 14.1. The molecule has 11 heteroatoms. The average molecular weight is 698 g/mol. The molecule has 0 aliphatic carbocycles. The third kappa shape index (κ3) is 6.62. The lowest BCUT2D eigenvalue weighted by atomic mass is 10.1. The number of halogens is 3. The molecule has 8 nitrogen and oxygen atoms in total. The van der Waals surface area contributed by atoms with Crippen molar-refractivity contribution in [2.24, 2.45) is 5.10 Å². The van der Waals surface area contributed by atoms with E-state index in [1.807, 2.05) is 19.1 Å². The normalized spacial score (nSPS) is 11.1. The van der Waals surface area contributed by atoms with Gasteiger partial charge in [0.1, 0.15) is 12.2 Å². The maximum atomic E-state index is 12.5. The first kappa shape index (κ1) is 27.0. The summed E-state index contributed by atoms with van der Waals surface area (Å²) < 4.78 is 19.0. The average Bonchev–Trinajstić information content (AvgIpc) is 3.28. The highest BCUT2D eigenvalue weighted by atomic mass is 127. The first-order valence-electron chi connectivity index (χ1n) is 10.9. The van der Waals surface area contributed by atoms with Gasteiger partial charge in [-0.1, -0.05) is 39.7 Å². The van der Waals surface area contributed by atoms with Crippen molar-refractivity contribution in [2.75, 3.05) is 6.61 Å². The van der Waals surface area contributed by atoms with E-state index in [1.165, 1.54) is 18.3 Å². The van der Waals surface area contributed by atoms with Gasteiger partial charge in [-0.15, -0.1) is 0 Å². The molecule has 2 N–H and O–H groups in total. The molecule has 4 aromatic rings. The SMILES string of the molecule is CCOc1cc(/C=N\NC(=O)c2cc3cc(Br)cc(I)c3o2)cc(Cl)c1OCc1ccc(C(=O)O)cc1. The minimum atomic E-state index is -0.997. The molecule has 0 spiro atoms. The van der Waals surface area contributed by atoms with Crippen LogP contribution in [-0.4, -0.2) is 29.8 Å². The lowest BCUT2D eigenvalue weighted by Crippen LogP contribution is -2.16. The molecule has 0 aliphatic rings. The number of hydrogen-bond donors (Lipinski definition) is 2. The maximum Gasteiger partial charge on any atom is 0.335 e. The molecule has 0 saturated heterocycles. The van der Waals surface area contributed by atoms with E-state index in [4.69, 9.17) is 30.6 Å². The third-order valence-electron chi connectivity index (χ3n) is 5.05. The van der Waals surface area contributed by atoms with Crippen molar-refractivity contribution < 1.29 is 28.6 Å². The number of carboxylic acids is 1. The number of furan rings is 1. The van der Waals surface area contributed by atoms with E-state index in [-0.39, 0.29) is 17.9 Å².